The van der Waals surface area contributed by atoms with E-state index in [-0.39, 0.29) is 11.1 Å². The molecule has 0 aliphatic rings. The first kappa shape index (κ1) is 14.0. The summed E-state index contributed by atoms with van der Waals surface area (Å²) in [6.07, 6.45) is 4.00. The zero-order valence-electron chi connectivity index (χ0n) is 10.7. The molecule has 0 fully saturated rings. The summed E-state index contributed by atoms with van der Waals surface area (Å²) < 4.78 is 23.0. The predicted molar refractivity (Wildman–Crippen MR) is 69.8 cm³/mol. The Hall–Kier alpha value is -1.10. The van der Waals surface area contributed by atoms with E-state index in [2.05, 4.69) is 10.3 Å². The van der Waals surface area contributed by atoms with Crippen molar-refractivity contribution in [2.24, 2.45) is 0 Å². The molecule has 0 saturated carbocycles. The highest BCUT2D eigenvalue weighted by Gasteiger charge is 2.12. The number of sulfone groups is 1. The highest BCUT2D eigenvalue weighted by molar-refractivity contribution is 7.90. The molecule has 95 valence electrons. The van der Waals surface area contributed by atoms with Gasteiger partial charge in [0.05, 0.1) is 0 Å². The third-order valence-electron chi connectivity index (χ3n) is 2.08. The monoisotopic (exact) mass is 255 g/mol. The molecule has 1 heterocycles. The van der Waals surface area contributed by atoms with E-state index in [0.717, 1.165) is 12.0 Å². The van der Waals surface area contributed by atoms with Gasteiger partial charge in [0.1, 0.15) is 5.82 Å². The van der Waals surface area contributed by atoms with Crippen LogP contribution in [0.1, 0.15) is 32.8 Å². The first-order chi connectivity index (χ1) is 7.82. The maximum absolute atomic E-state index is 11.5. The van der Waals surface area contributed by atoms with E-state index in [9.17, 15) is 8.42 Å². The number of pyridine rings is 1. The van der Waals surface area contributed by atoms with Gasteiger partial charge in [0.25, 0.3) is 0 Å². The Kier molecular flexibility index (Phi) is 4.51. The summed E-state index contributed by atoms with van der Waals surface area (Å²) in [5.74, 6) is 0.600. The smallest absolute Gasteiger partial charge is 0.192 e. The molecule has 0 saturated heterocycles. The van der Waals surface area contributed by atoms with Crippen molar-refractivity contribution in [3.8, 4) is 0 Å². The molecule has 5 heteroatoms. The summed E-state index contributed by atoms with van der Waals surface area (Å²) in [6, 6.07) is 3.68. The van der Waals surface area contributed by atoms with Gasteiger partial charge in [0.15, 0.2) is 14.9 Å². The first-order valence-electron chi connectivity index (χ1n) is 5.65. The number of nitrogens with zero attached hydrogens (tertiary/aromatic N) is 1. The number of hydrogen-bond donors (Lipinski definition) is 1. The van der Waals surface area contributed by atoms with Crippen LogP contribution in [0.15, 0.2) is 17.2 Å². The Morgan fingerprint density at radius 1 is 1.41 bits per heavy atom. The molecule has 17 heavy (non-hydrogen) atoms. The van der Waals surface area contributed by atoms with Crippen LogP contribution < -0.4 is 5.32 Å². The molecule has 0 spiro atoms. The van der Waals surface area contributed by atoms with Gasteiger partial charge in [-0.3, -0.25) is 0 Å². The number of nitrogens with one attached hydrogen (secondary N) is 1. The Labute approximate surface area is 103 Å². The molecule has 1 rings (SSSR count). The van der Waals surface area contributed by atoms with Crippen molar-refractivity contribution in [2.45, 2.75) is 38.3 Å². The van der Waals surface area contributed by atoms with E-state index in [1.165, 1.54) is 6.26 Å². The quantitative estimate of drug-likeness (QED) is 0.877. The van der Waals surface area contributed by atoms with Crippen molar-refractivity contribution < 1.29 is 8.42 Å². The minimum atomic E-state index is -3.27. The van der Waals surface area contributed by atoms with E-state index in [1.807, 2.05) is 33.3 Å². The van der Waals surface area contributed by atoms with E-state index in [0.29, 0.717) is 5.82 Å². The average Bonchev–Trinajstić information content (AvgIpc) is 2.15. The average molecular weight is 255 g/mol. The van der Waals surface area contributed by atoms with Gasteiger partial charge in [-0.2, -0.15) is 0 Å². The summed E-state index contributed by atoms with van der Waals surface area (Å²) in [5.41, 5.74) is 0.881. The fourth-order valence-corrected chi connectivity index (χ4v) is 2.05. The van der Waals surface area contributed by atoms with Crippen LogP contribution in [0.25, 0.3) is 0 Å². The fraction of sp³-hybridized carbons (Fsp3) is 0.500. The summed E-state index contributed by atoms with van der Waals surface area (Å²) >= 11 is 0. The molecule has 1 aromatic heterocycles. The second-order valence-electron chi connectivity index (χ2n) is 4.31. The molecule has 0 aliphatic heterocycles. The Balaban J connectivity index is 3.19. The third-order valence-corrected chi connectivity index (χ3v) is 3.05. The van der Waals surface area contributed by atoms with Crippen LogP contribution in [-0.4, -0.2) is 25.7 Å². The van der Waals surface area contributed by atoms with E-state index >= 15 is 0 Å². The normalized spacial score (nSPS) is 11.8. The van der Waals surface area contributed by atoms with Crippen LogP contribution in [0.5, 0.6) is 0 Å². The van der Waals surface area contributed by atoms with Crippen molar-refractivity contribution in [2.75, 3.05) is 11.6 Å². The van der Waals surface area contributed by atoms with Crippen LogP contribution in [0.4, 0.5) is 5.82 Å². The second kappa shape index (κ2) is 5.49. The molecule has 0 bridgehead atoms. The standard InChI is InChI=1S/C12H19N2O2S/c1-5-6-10-7-11(13-9(2)3)14-12(8-10)17(4,15)16/h6-9H,5H2,1-4H3,(H,13,14). The van der Waals surface area contributed by atoms with Gasteiger partial charge in [0.2, 0.25) is 0 Å². The first-order valence-corrected chi connectivity index (χ1v) is 7.54. The number of hydrogen-bond acceptors (Lipinski definition) is 4. The Morgan fingerprint density at radius 2 is 2.06 bits per heavy atom. The maximum Gasteiger partial charge on any atom is 0.192 e. The summed E-state index contributed by atoms with van der Waals surface area (Å²) in [7, 11) is -3.27. The lowest BCUT2D eigenvalue weighted by Crippen LogP contribution is -2.13. The molecule has 0 amide bonds. The van der Waals surface area contributed by atoms with Crippen LogP contribution in [0.2, 0.25) is 0 Å². The van der Waals surface area contributed by atoms with E-state index in [1.54, 1.807) is 6.07 Å². The minimum Gasteiger partial charge on any atom is -0.368 e. The summed E-state index contributed by atoms with van der Waals surface area (Å²) in [4.78, 5) is 4.11. The molecule has 1 radical (unpaired) electrons. The molecule has 0 aromatic carbocycles. The number of rotatable bonds is 5. The van der Waals surface area contributed by atoms with E-state index < -0.39 is 9.84 Å². The van der Waals surface area contributed by atoms with Crippen molar-refractivity contribution in [1.29, 1.82) is 0 Å². The highest BCUT2D eigenvalue weighted by Crippen LogP contribution is 2.17. The van der Waals surface area contributed by atoms with Crippen molar-refractivity contribution in [1.82, 2.24) is 4.98 Å². The van der Waals surface area contributed by atoms with E-state index in [4.69, 9.17) is 0 Å². The van der Waals surface area contributed by atoms with Crippen LogP contribution in [-0.2, 0) is 9.84 Å². The third kappa shape index (κ3) is 4.34. The number of aromatic nitrogens is 1. The molecular weight excluding hydrogens is 236 g/mol. The van der Waals surface area contributed by atoms with Crippen LogP contribution in [0, 0.1) is 6.42 Å². The largest absolute Gasteiger partial charge is 0.368 e. The minimum absolute atomic E-state index is 0.114. The molecule has 0 unspecified atom stereocenters. The zero-order valence-corrected chi connectivity index (χ0v) is 11.5. The van der Waals surface area contributed by atoms with Crippen molar-refractivity contribution >= 4 is 15.7 Å². The highest BCUT2D eigenvalue weighted by atomic mass is 32.2. The summed E-state index contributed by atoms with van der Waals surface area (Å²) in [6.45, 7) is 5.98. The van der Waals surface area contributed by atoms with Gasteiger partial charge < -0.3 is 5.32 Å². The molecule has 1 N–H and O–H groups in total. The molecule has 0 atom stereocenters. The van der Waals surface area contributed by atoms with Gasteiger partial charge in [-0.15, -0.1) is 0 Å². The molecule has 0 aliphatic carbocycles. The molecular formula is C12H19N2O2S. The maximum atomic E-state index is 11.5. The lowest BCUT2D eigenvalue weighted by atomic mass is 10.1. The lowest BCUT2D eigenvalue weighted by molar-refractivity contribution is 0.598. The lowest BCUT2D eigenvalue weighted by Gasteiger charge is -2.12. The van der Waals surface area contributed by atoms with Gasteiger partial charge in [-0.25, -0.2) is 13.4 Å². The number of anilines is 1. The van der Waals surface area contributed by atoms with Gasteiger partial charge in [-0.1, -0.05) is 6.92 Å². The molecule has 4 nitrogen and oxygen atoms in total. The predicted octanol–water partition coefficient (Wildman–Crippen LogP) is 2.27. The fourth-order valence-electron chi connectivity index (χ4n) is 1.44. The van der Waals surface area contributed by atoms with Gasteiger partial charge in [-0.05, 0) is 44.4 Å². The van der Waals surface area contributed by atoms with Crippen LogP contribution >= 0.6 is 0 Å². The SMILES string of the molecule is CC[CH]c1cc(NC(C)C)nc(S(C)(=O)=O)c1. The van der Waals surface area contributed by atoms with Crippen LogP contribution in [0.3, 0.4) is 0 Å². The summed E-state index contributed by atoms with van der Waals surface area (Å²) in [5, 5.41) is 3.23. The Bertz CT molecular complexity index is 481. The topological polar surface area (TPSA) is 59.1 Å². The Morgan fingerprint density at radius 3 is 2.53 bits per heavy atom. The molecule has 1 aromatic rings. The van der Waals surface area contributed by atoms with Gasteiger partial charge in [0, 0.05) is 12.3 Å². The zero-order chi connectivity index (χ0) is 13.1. The van der Waals surface area contributed by atoms with Crippen molar-refractivity contribution in [3.63, 3.8) is 0 Å². The second-order valence-corrected chi connectivity index (χ2v) is 6.27. The van der Waals surface area contributed by atoms with Crippen molar-refractivity contribution in [3.05, 3.63) is 24.1 Å². The van der Waals surface area contributed by atoms with Gasteiger partial charge >= 0.3 is 0 Å².